The number of rotatable bonds is 7. The maximum atomic E-state index is 12.5. The Balaban J connectivity index is 1.16. The van der Waals surface area contributed by atoms with E-state index in [4.69, 9.17) is 11.6 Å². The molecule has 0 spiro atoms. The zero-order valence-corrected chi connectivity index (χ0v) is 25.4. The summed E-state index contributed by atoms with van der Waals surface area (Å²) in [5.74, 6) is 4.44. The Morgan fingerprint density at radius 3 is 2.41 bits per heavy atom. The SMILES string of the molecule is CC[C@H]1C[C@@H]2[C@H](CC[C@]3(C)[C@@H](CCCNC(=O)NS(=O)(=O)c4ccc(Cl)cc4)CC[C@@H]23)[C@@]2(C)CC[C@@H](O)C[C@@H]12. The third-order valence-corrected chi connectivity index (χ3v) is 13.5. The monoisotopic (exact) mass is 578 g/mol. The zero-order valence-electron chi connectivity index (χ0n) is 23.8. The predicted octanol–water partition coefficient (Wildman–Crippen LogP) is 6.76. The Labute approximate surface area is 240 Å². The van der Waals surface area contributed by atoms with E-state index in [1.165, 1.54) is 69.2 Å². The Morgan fingerprint density at radius 2 is 1.69 bits per heavy atom. The second-order valence-corrected chi connectivity index (χ2v) is 15.7. The van der Waals surface area contributed by atoms with Crippen molar-refractivity contribution in [2.24, 2.45) is 46.3 Å². The first-order chi connectivity index (χ1) is 18.5. The van der Waals surface area contributed by atoms with Crippen LogP contribution in [0.1, 0.15) is 91.4 Å². The summed E-state index contributed by atoms with van der Waals surface area (Å²) in [6.45, 7) is 7.94. The van der Waals surface area contributed by atoms with Gasteiger partial charge in [-0.05, 0) is 135 Å². The minimum absolute atomic E-state index is 0.0141. The molecule has 9 atom stereocenters. The van der Waals surface area contributed by atoms with Gasteiger partial charge in [0.25, 0.3) is 10.0 Å². The lowest BCUT2D eigenvalue weighted by atomic mass is 9.42. The Morgan fingerprint density at radius 1 is 1.00 bits per heavy atom. The molecule has 0 saturated heterocycles. The van der Waals surface area contributed by atoms with Crippen molar-refractivity contribution in [1.29, 1.82) is 0 Å². The first-order valence-electron chi connectivity index (χ1n) is 15.2. The molecular formula is C31H47ClN2O4S. The van der Waals surface area contributed by atoms with Gasteiger partial charge < -0.3 is 10.4 Å². The highest BCUT2D eigenvalue weighted by Crippen LogP contribution is 2.69. The maximum Gasteiger partial charge on any atom is 0.328 e. The first-order valence-corrected chi connectivity index (χ1v) is 17.1. The molecule has 6 nitrogen and oxygen atoms in total. The molecule has 0 bridgehead atoms. The van der Waals surface area contributed by atoms with Crippen molar-refractivity contribution in [2.45, 2.75) is 102 Å². The summed E-state index contributed by atoms with van der Waals surface area (Å²) in [6.07, 6.45) is 12.7. The van der Waals surface area contributed by atoms with Gasteiger partial charge in [0, 0.05) is 11.6 Å². The second-order valence-electron chi connectivity index (χ2n) is 13.6. The first kappa shape index (κ1) is 29.2. The smallest absolute Gasteiger partial charge is 0.328 e. The van der Waals surface area contributed by atoms with Gasteiger partial charge in [-0.2, -0.15) is 0 Å². The van der Waals surface area contributed by atoms with Crippen molar-refractivity contribution in [1.82, 2.24) is 10.0 Å². The van der Waals surface area contributed by atoms with Gasteiger partial charge in [0.15, 0.2) is 0 Å². The molecule has 4 aliphatic carbocycles. The summed E-state index contributed by atoms with van der Waals surface area (Å²) in [7, 11) is -3.92. The highest BCUT2D eigenvalue weighted by atomic mass is 35.5. The van der Waals surface area contributed by atoms with Gasteiger partial charge >= 0.3 is 6.03 Å². The zero-order chi connectivity index (χ0) is 28.0. The molecule has 0 heterocycles. The van der Waals surface area contributed by atoms with Crippen LogP contribution in [0.4, 0.5) is 4.79 Å². The van der Waals surface area contributed by atoms with E-state index in [0.29, 0.717) is 34.2 Å². The summed E-state index contributed by atoms with van der Waals surface area (Å²) in [5, 5.41) is 13.7. The average Bonchev–Trinajstić information content (AvgIpc) is 3.23. The molecule has 0 aliphatic heterocycles. The Kier molecular flexibility index (Phi) is 8.36. The normalized spacial score (nSPS) is 39.8. The third kappa shape index (κ3) is 5.49. The maximum absolute atomic E-state index is 12.5. The van der Waals surface area contributed by atoms with Crippen LogP contribution in [-0.2, 0) is 10.0 Å². The van der Waals surface area contributed by atoms with Crippen LogP contribution >= 0.6 is 11.6 Å². The van der Waals surface area contributed by atoms with Gasteiger partial charge in [-0.3, -0.25) is 0 Å². The van der Waals surface area contributed by atoms with Crippen LogP contribution in [0.15, 0.2) is 29.2 Å². The second kappa shape index (κ2) is 11.2. The van der Waals surface area contributed by atoms with Crippen LogP contribution in [0.3, 0.4) is 0 Å². The molecule has 0 unspecified atom stereocenters. The molecule has 0 radical (unpaired) electrons. The van der Waals surface area contributed by atoms with E-state index in [1.807, 2.05) is 0 Å². The van der Waals surface area contributed by atoms with Gasteiger partial charge in [0.2, 0.25) is 0 Å². The summed E-state index contributed by atoms with van der Waals surface area (Å²) in [4.78, 5) is 12.3. The largest absolute Gasteiger partial charge is 0.393 e. The molecule has 4 aliphatic rings. The molecule has 0 aromatic heterocycles. The molecule has 1 aromatic rings. The minimum atomic E-state index is -3.92. The lowest BCUT2D eigenvalue weighted by Gasteiger charge is -2.63. The van der Waals surface area contributed by atoms with Crippen molar-refractivity contribution in [3.8, 4) is 0 Å². The average molecular weight is 579 g/mol. The number of urea groups is 1. The van der Waals surface area contributed by atoms with E-state index in [-0.39, 0.29) is 11.0 Å². The fourth-order valence-corrected chi connectivity index (χ4v) is 11.0. The fraction of sp³-hybridized carbons (Fsp3) is 0.774. The lowest BCUT2D eigenvalue weighted by Crippen LogP contribution is -2.56. The van der Waals surface area contributed by atoms with Crippen molar-refractivity contribution in [3.05, 3.63) is 29.3 Å². The number of aliphatic hydroxyl groups is 1. The highest BCUT2D eigenvalue weighted by Gasteiger charge is 2.61. The number of aliphatic hydroxyl groups excluding tert-OH is 1. The standard InChI is InChI=1S/C31H47ClN2O4S/c1-4-20-18-25-26-12-7-21(30(26,2)16-14-27(25)31(3)15-13-23(35)19-28(20)31)6-5-17-33-29(36)34-39(37,38)24-10-8-22(32)9-11-24/h8-11,20-21,23,25-28,35H,4-7,12-19H2,1-3H3,(H2,33,34,36)/t20-,21-,23+,25-,26-,27-,28-,30+,31+/m0/s1. The van der Waals surface area contributed by atoms with Crippen molar-refractivity contribution >= 4 is 27.7 Å². The molecular weight excluding hydrogens is 532 g/mol. The summed E-state index contributed by atoms with van der Waals surface area (Å²) in [5.41, 5.74) is 0.739. The number of carbonyl (C=O) groups is 1. The topological polar surface area (TPSA) is 95.5 Å². The molecule has 8 heteroatoms. The number of fused-ring (bicyclic) bond motifs is 5. The molecule has 4 fully saturated rings. The molecule has 1 aromatic carbocycles. The predicted molar refractivity (Wildman–Crippen MR) is 155 cm³/mol. The number of benzene rings is 1. The van der Waals surface area contributed by atoms with E-state index in [1.54, 1.807) is 0 Å². The van der Waals surface area contributed by atoms with Crippen molar-refractivity contribution in [3.63, 3.8) is 0 Å². The number of hydrogen-bond donors (Lipinski definition) is 3. The molecule has 4 saturated carbocycles. The van der Waals surface area contributed by atoms with Gasteiger partial charge in [-0.25, -0.2) is 17.9 Å². The van der Waals surface area contributed by atoms with Crippen LogP contribution in [0.25, 0.3) is 0 Å². The van der Waals surface area contributed by atoms with Crippen LogP contribution in [0.5, 0.6) is 0 Å². The number of halogens is 1. The lowest BCUT2D eigenvalue weighted by molar-refractivity contribution is -0.150. The van der Waals surface area contributed by atoms with Crippen LogP contribution in [0, 0.1) is 46.3 Å². The van der Waals surface area contributed by atoms with E-state index >= 15 is 0 Å². The van der Waals surface area contributed by atoms with Gasteiger partial charge in [0.05, 0.1) is 11.0 Å². The molecule has 2 amide bonds. The summed E-state index contributed by atoms with van der Waals surface area (Å²) < 4.78 is 27.0. The van der Waals surface area contributed by atoms with Crippen molar-refractivity contribution < 1.29 is 18.3 Å². The van der Waals surface area contributed by atoms with E-state index in [9.17, 15) is 18.3 Å². The highest BCUT2D eigenvalue weighted by molar-refractivity contribution is 7.90. The quantitative estimate of drug-likeness (QED) is 0.311. The van der Waals surface area contributed by atoms with Gasteiger partial charge in [-0.1, -0.05) is 38.8 Å². The summed E-state index contributed by atoms with van der Waals surface area (Å²) in [6, 6.07) is 5.07. The summed E-state index contributed by atoms with van der Waals surface area (Å²) >= 11 is 5.84. The van der Waals surface area contributed by atoms with Crippen LogP contribution < -0.4 is 10.0 Å². The number of hydrogen-bond acceptors (Lipinski definition) is 4. The van der Waals surface area contributed by atoms with Gasteiger partial charge in [0.1, 0.15) is 0 Å². The number of nitrogens with one attached hydrogen (secondary N) is 2. The number of amides is 2. The van der Waals surface area contributed by atoms with E-state index < -0.39 is 16.1 Å². The molecule has 218 valence electrons. The van der Waals surface area contributed by atoms with Crippen LogP contribution in [0.2, 0.25) is 5.02 Å². The third-order valence-electron chi connectivity index (χ3n) is 11.9. The Hall–Kier alpha value is -1.31. The molecule has 39 heavy (non-hydrogen) atoms. The van der Waals surface area contributed by atoms with E-state index in [2.05, 4.69) is 30.8 Å². The van der Waals surface area contributed by atoms with Gasteiger partial charge in [-0.15, -0.1) is 0 Å². The number of sulfonamides is 1. The molecule has 3 N–H and O–H groups in total. The number of carbonyl (C=O) groups excluding carboxylic acids is 1. The van der Waals surface area contributed by atoms with Crippen LogP contribution in [-0.4, -0.2) is 32.2 Å². The van der Waals surface area contributed by atoms with Crippen molar-refractivity contribution in [2.75, 3.05) is 6.54 Å². The molecule has 5 rings (SSSR count). The fourth-order valence-electron chi connectivity index (χ4n) is 9.90. The Bertz CT molecular complexity index is 1140. The minimum Gasteiger partial charge on any atom is -0.393 e. The van der Waals surface area contributed by atoms with E-state index in [0.717, 1.165) is 49.4 Å².